The number of hydrogen-bond acceptors (Lipinski definition) is 2. The monoisotopic (exact) mass is 238 g/mol. The fourth-order valence-corrected chi connectivity index (χ4v) is 2.43. The Hall–Kier alpha value is -0.290. The highest BCUT2D eigenvalue weighted by molar-refractivity contribution is 4.91. The second-order valence-electron chi connectivity index (χ2n) is 5.11. The van der Waals surface area contributed by atoms with Gasteiger partial charge in [0.15, 0.2) is 0 Å². The molecule has 1 saturated carbocycles. The van der Waals surface area contributed by atoms with E-state index in [1.54, 1.807) is 0 Å². The second-order valence-corrected chi connectivity index (χ2v) is 5.11. The zero-order valence-electron chi connectivity index (χ0n) is 9.74. The van der Waals surface area contributed by atoms with E-state index in [1.165, 1.54) is 6.42 Å². The number of nitrogens with one attached hydrogen (secondary N) is 1. The van der Waals surface area contributed by atoms with Crippen LogP contribution in [0.3, 0.4) is 0 Å². The Kier molecular flexibility index (Phi) is 4.62. The molecule has 0 bridgehead atoms. The van der Waals surface area contributed by atoms with Crippen molar-refractivity contribution in [2.75, 3.05) is 13.1 Å². The molecule has 1 aliphatic carbocycles. The highest BCUT2D eigenvalue weighted by atomic mass is 19.4. The fraction of sp³-hybridized carbons (Fsp3) is 1.00. The third-order valence-electron chi connectivity index (χ3n) is 3.19. The number of hydrogen-bond donors (Lipinski definition) is 2. The van der Waals surface area contributed by atoms with Gasteiger partial charge >= 0.3 is 6.18 Å². The maximum absolute atomic E-state index is 11.9. The minimum absolute atomic E-state index is 0.0309. The summed E-state index contributed by atoms with van der Waals surface area (Å²) in [6.07, 6.45) is -0.768. The Bertz CT molecular complexity index is 218. The summed E-state index contributed by atoms with van der Waals surface area (Å²) in [7, 11) is 0. The molecule has 2 atom stereocenters. The minimum Gasteiger partial charge on any atom is -0.324 e. The van der Waals surface area contributed by atoms with E-state index in [0.29, 0.717) is 12.5 Å². The van der Waals surface area contributed by atoms with Gasteiger partial charge in [-0.1, -0.05) is 19.8 Å². The van der Waals surface area contributed by atoms with Gasteiger partial charge in [0.2, 0.25) is 0 Å². The van der Waals surface area contributed by atoms with Crippen LogP contribution in [0.4, 0.5) is 13.2 Å². The molecule has 0 heterocycles. The third-order valence-corrected chi connectivity index (χ3v) is 3.19. The Labute approximate surface area is 94.8 Å². The first-order chi connectivity index (χ1) is 7.31. The summed E-state index contributed by atoms with van der Waals surface area (Å²) in [6.45, 7) is 2.61. The van der Waals surface area contributed by atoms with Gasteiger partial charge < -0.3 is 11.1 Å². The van der Waals surface area contributed by atoms with Crippen molar-refractivity contribution in [3.05, 3.63) is 0 Å². The van der Waals surface area contributed by atoms with Gasteiger partial charge in [0.05, 0.1) is 6.42 Å². The number of alkyl halides is 3. The molecule has 5 heteroatoms. The molecular weight excluding hydrogens is 217 g/mol. The molecule has 1 rings (SSSR count). The molecule has 1 aliphatic rings. The zero-order chi connectivity index (χ0) is 12.2. The Morgan fingerprint density at radius 2 is 2.12 bits per heavy atom. The van der Waals surface area contributed by atoms with Gasteiger partial charge in [-0.2, -0.15) is 13.2 Å². The number of halogens is 3. The Morgan fingerprint density at radius 1 is 1.44 bits per heavy atom. The standard InChI is InChI=1S/C11H21F3N2/c1-9-3-2-4-10(15,7-9)8-16-6-5-11(12,13)14/h9,16H,2-8,15H2,1H3. The summed E-state index contributed by atoms with van der Waals surface area (Å²) in [5.41, 5.74) is 5.85. The van der Waals surface area contributed by atoms with Gasteiger partial charge in [-0.05, 0) is 18.8 Å². The lowest BCUT2D eigenvalue weighted by atomic mass is 9.77. The van der Waals surface area contributed by atoms with Crippen LogP contribution in [-0.4, -0.2) is 24.8 Å². The molecule has 0 saturated heterocycles. The van der Waals surface area contributed by atoms with Gasteiger partial charge in [-0.25, -0.2) is 0 Å². The topological polar surface area (TPSA) is 38.0 Å². The molecule has 0 radical (unpaired) electrons. The van der Waals surface area contributed by atoms with Crippen LogP contribution in [-0.2, 0) is 0 Å². The normalized spacial score (nSPS) is 31.7. The molecule has 0 aromatic carbocycles. The minimum atomic E-state index is -4.07. The van der Waals surface area contributed by atoms with Gasteiger partial charge in [-0.3, -0.25) is 0 Å². The first-order valence-corrected chi connectivity index (χ1v) is 5.87. The van der Waals surface area contributed by atoms with Gasteiger partial charge in [0.1, 0.15) is 0 Å². The van der Waals surface area contributed by atoms with Crippen LogP contribution in [0.1, 0.15) is 39.0 Å². The van der Waals surface area contributed by atoms with Crippen molar-refractivity contribution in [1.82, 2.24) is 5.32 Å². The average molecular weight is 238 g/mol. The molecule has 1 fully saturated rings. The predicted molar refractivity (Wildman–Crippen MR) is 58.1 cm³/mol. The Balaban J connectivity index is 2.21. The highest BCUT2D eigenvalue weighted by Crippen LogP contribution is 2.29. The molecule has 0 aromatic rings. The van der Waals surface area contributed by atoms with Crippen LogP contribution in [0.15, 0.2) is 0 Å². The van der Waals surface area contributed by atoms with E-state index in [2.05, 4.69) is 12.2 Å². The van der Waals surface area contributed by atoms with E-state index >= 15 is 0 Å². The molecule has 0 aliphatic heterocycles. The van der Waals surface area contributed by atoms with Crippen molar-refractivity contribution in [3.8, 4) is 0 Å². The van der Waals surface area contributed by atoms with Crippen LogP contribution >= 0.6 is 0 Å². The first-order valence-electron chi connectivity index (χ1n) is 5.87. The zero-order valence-corrected chi connectivity index (χ0v) is 9.74. The maximum atomic E-state index is 11.9. The predicted octanol–water partition coefficient (Wildman–Crippen LogP) is 2.44. The summed E-state index contributed by atoms with van der Waals surface area (Å²) in [6, 6.07) is 0. The molecule has 0 spiro atoms. The summed E-state index contributed by atoms with van der Waals surface area (Å²) in [5, 5.41) is 2.83. The van der Waals surface area contributed by atoms with Crippen LogP contribution < -0.4 is 11.1 Å². The number of nitrogens with two attached hydrogens (primary N) is 1. The average Bonchev–Trinajstić information content (AvgIpc) is 2.11. The lowest BCUT2D eigenvalue weighted by Crippen LogP contribution is -2.51. The molecule has 2 nitrogen and oxygen atoms in total. The summed E-state index contributed by atoms with van der Waals surface area (Å²) >= 11 is 0. The van der Waals surface area contributed by atoms with Gasteiger partial charge in [-0.15, -0.1) is 0 Å². The summed E-state index contributed by atoms with van der Waals surface area (Å²) in [5.74, 6) is 0.586. The lowest BCUT2D eigenvalue weighted by Gasteiger charge is -2.37. The second kappa shape index (κ2) is 5.36. The van der Waals surface area contributed by atoms with Crippen molar-refractivity contribution in [2.45, 2.75) is 50.7 Å². The van der Waals surface area contributed by atoms with E-state index < -0.39 is 12.6 Å². The molecule has 3 N–H and O–H groups in total. The quantitative estimate of drug-likeness (QED) is 0.738. The molecular formula is C11H21F3N2. The van der Waals surface area contributed by atoms with Crippen LogP contribution in [0.25, 0.3) is 0 Å². The molecule has 0 amide bonds. The fourth-order valence-electron chi connectivity index (χ4n) is 2.43. The van der Waals surface area contributed by atoms with Crippen molar-refractivity contribution in [1.29, 1.82) is 0 Å². The third kappa shape index (κ3) is 5.16. The summed E-state index contributed by atoms with van der Waals surface area (Å²) < 4.78 is 35.7. The van der Waals surface area contributed by atoms with Crippen molar-refractivity contribution < 1.29 is 13.2 Å². The van der Waals surface area contributed by atoms with Crippen LogP contribution in [0.2, 0.25) is 0 Å². The van der Waals surface area contributed by atoms with E-state index in [1.807, 2.05) is 0 Å². The lowest BCUT2D eigenvalue weighted by molar-refractivity contribution is -0.133. The molecule has 0 aromatic heterocycles. The first kappa shape index (κ1) is 13.8. The van der Waals surface area contributed by atoms with Crippen molar-refractivity contribution in [3.63, 3.8) is 0 Å². The van der Waals surface area contributed by atoms with Crippen LogP contribution in [0, 0.1) is 5.92 Å². The highest BCUT2D eigenvalue weighted by Gasteiger charge is 2.31. The maximum Gasteiger partial charge on any atom is 0.390 e. The van der Waals surface area contributed by atoms with Crippen molar-refractivity contribution >= 4 is 0 Å². The summed E-state index contributed by atoms with van der Waals surface area (Å²) in [4.78, 5) is 0. The largest absolute Gasteiger partial charge is 0.390 e. The number of rotatable bonds is 4. The van der Waals surface area contributed by atoms with Gasteiger partial charge in [0.25, 0.3) is 0 Å². The van der Waals surface area contributed by atoms with Gasteiger partial charge in [0, 0.05) is 18.6 Å². The van der Waals surface area contributed by atoms with Crippen LogP contribution in [0.5, 0.6) is 0 Å². The van der Waals surface area contributed by atoms with E-state index in [9.17, 15) is 13.2 Å². The molecule has 96 valence electrons. The SMILES string of the molecule is CC1CCCC(N)(CNCCC(F)(F)F)C1. The molecule has 2 unspecified atom stereocenters. The van der Waals surface area contributed by atoms with E-state index in [0.717, 1.165) is 19.3 Å². The molecule has 16 heavy (non-hydrogen) atoms. The van der Waals surface area contributed by atoms with Crippen molar-refractivity contribution in [2.24, 2.45) is 11.7 Å². The van der Waals surface area contributed by atoms with E-state index in [-0.39, 0.29) is 12.1 Å². The smallest absolute Gasteiger partial charge is 0.324 e. The van der Waals surface area contributed by atoms with E-state index in [4.69, 9.17) is 5.73 Å². The Morgan fingerprint density at radius 3 is 2.69 bits per heavy atom.